The molecule has 1 atom stereocenters. The number of aromatic nitrogens is 2. The van der Waals surface area contributed by atoms with E-state index in [9.17, 15) is 9.59 Å². The molecule has 1 heterocycles. The summed E-state index contributed by atoms with van der Waals surface area (Å²) >= 11 is 3.31. The van der Waals surface area contributed by atoms with E-state index >= 15 is 0 Å². The molecule has 7 nitrogen and oxygen atoms in total. The molecule has 0 aliphatic rings. The predicted molar refractivity (Wildman–Crippen MR) is 90.7 cm³/mol. The van der Waals surface area contributed by atoms with Gasteiger partial charge in [0, 0.05) is 6.54 Å². The number of H-pyrrole nitrogens is 1. The molecule has 23 heavy (non-hydrogen) atoms. The van der Waals surface area contributed by atoms with E-state index in [0.29, 0.717) is 24.8 Å². The van der Waals surface area contributed by atoms with E-state index in [0.717, 1.165) is 4.60 Å². The molecule has 1 rings (SSSR count). The molecule has 0 aromatic carbocycles. The van der Waals surface area contributed by atoms with E-state index in [2.05, 4.69) is 36.0 Å². The van der Waals surface area contributed by atoms with Gasteiger partial charge in [-0.3, -0.25) is 4.79 Å². The third-order valence-corrected chi connectivity index (χ3v) is 3.63. The highest BCUT2D eigenvalue weighted by Gasteiger charge is 2.29. The topological polar surface area (TPSA) is 87.3 Å². The molecule has 2 N–H and O–H groups in total. The van der Waals surface area contributed by atoms with Gasteiger partial charge < -0.3 is 19.9 Å². The van der Waals surface area contributed by atoms with Gasteiger partial charge in [-0.15, -0.1) is 0 Å². The Morgan fingerprint density at radius 3 is 2.48 bits per heavy atom. The monoisotopic (exact) mass is 388 g/mol. The van der Waals surface area contributed by atoms with Crippen LogP contribution in [-0.4, -0.2) is 46.6 Å². The molecule has 0 fully saturated rings. The number of carbonyl (C=O) groups is 2. The lowest BCUT2D eigenvalue weighted by Crippen LogP contribution is -2.51. The van der Waals surface area contributed by atoms with Gasteiger partial charge in [0.1, 0.15) is 16.5 Å². The Bertz CT molecular complexity index is 531. The minimum Gasteiger partial charge on any atom is -0.453 e. The molecular weight excluding hydrogens is 364 g/mol. The zero-order valence-electron chi connectivity index (χ0n) is 14.2. The number of ether oxygens (including phenoxy) is 1. The number of nitrogens with zero attached hydrogens (tertiary/aromatic N) is 2. The van der Waals surface area contributed by atoms with Gasteiger partial charge in [-0.1, -0.05) is 27.7 Å². The highest BCUT2D eigenvalue weighted by molar-refractivity contribution is 9.10. The van der Waals surface area contributed by atoms with Gasteiger partial charge >= 0.3 is 6.09 Å². The Morgan fingerprint density at radius 2 is 2.04 bits per heavy atom. The first kappa shape index (κ1) is 19.5. The van der Waals surface area contributed by atoms with Crippen molar-refractivity contribution in [3.63, 3.8) is 0 Å². The van der Waals surface area contributed by atoms with Crippen molar-refractivity contribution in [2.75, 3.05) is 13.7 Å². The maximum atomic E-state index is 12.9. The summed E-state index contributed by atoms with van der Waals surface area (Å²) in [5.41, 5.74) is 0. The Kier molecular flexibility index (Phi) is 7.54. The van der Waals surface area contributed by atoms with Gasteiger partial charge in [0.2, 0.25) is 5.91 Å². The molecule has 1 aromatic rings. The van der Waals surface area contributed by atoms with E-state index < -0.39 is 12.1 Å². The Morgan fingerprint density at radius 1 is 1.39 bits per heavy atom. The zero-order chi connectivity index (χ0) is 17.6. The van der Waals surface area contributed by atoms with E-state index in [1.54, 1.807) is 11.1 Å². The van der Waals surface area contributed by atoms with E-state index in [-0.39, 0.29) is 11.8 Å². The Hall–Kier alpha value is -1.57. The second-order valence-corrected chi connectivity index (χ2v) is 7.00. The van der Waals surface area contributed by atoms with Crippen LogP contribution in [0.3, 0.4) is 0 Å². The van der Waals surface area contributed by atoms with Crippen LogP contribution in [0.25, 0.3) is 0 Å². The average molecular weight is 389 g/mol. The second kappa shape index (κ2) is 8.90. The summed E-state index contributed by atoms with van der Waals surface area (Å²) in [5, 5.41) is 2.62. The molecule has 0 saturated heterocycles. The zero-order valence-corrected chi connectivity index (χ0v) is 15.8. The van der Waals surface area contributed by atoms with Gasteiger partial charge in [0.25, 0.3) is 0 Å². The SMILES string of the molecule is COC(=O)N[C@H](C(=O)N(Cc1ncc(Br)[nH]1)CC(C)C)C(C)C. The molecule has 0 radical (unpaired) electrons. The summed E-state index contributed by atoms with van der Waals surface area (Å²) in [6.07, 6.45) is 1.04. The molecule has 130 valence electrons. The van der Waals surface area contributed by atoms with Crippen LogP contribution >= 0.6 is 15.9 Å². The fourth-order valence-electron chi connectivity index (χ4n) is 2.17. The van der Waals surface area contributed by atoms with Gasteiger partial charge in [0.05, 0.1) is 19.9 Å². The minimum atomic E-state index is -0.639. The van der Waals surface area contributed by atoms with Gasteiger partial charge in [0.15, 0.2) is 0 Å². The number of hydrogen-bond acceptors (Lipinski definition) is 4. The summed E-state index contributed by atoms with van der Waals surface area (Å²) in [7, 11) is 1.28. The summed E-state index contributed by atoms with van der Waals surface area (Å²) in [5.74, 6) is 0.779. The number of halogens is 1. The fourth-order valence-corrected chi connectivity index (χ4v) is 2.50. The quantitative estimate of drug-likeness (QED) is 0.750. The van der Waals surface area contributed by atoms with Crippen molar-refractivity contribution >= 4 is 27.9 Å². The number of hydrogen-bond donors (Lipinski definition) is 2. The Labute approximate surface area is 145 Å². The smallest absolute Gasteiger partial charge is 0.407 e. The standard InChI is InChI=1S/C15H25BrN4O3/c1-9(2)7-20(8-12-17-6-11(16)18-12)14(21)13(10(3)4)19-15(22)23-5/h6,9-10,13H,7-8H2,1-5H3,(H,17,18)(H,19,22)/t13-/m0/s1. The Balaban J connectivity index is 2.93. The third-order valence-electron chi connectivity index (χ3n) is 3.23. The molecule has 0 spiro atoms. The van der Waals surface area contributed by atoms with E-state index in [1.807, 2.05) is 27.7 Å². The van der Waals surface area contributed by atoms with Crippen LogP contribution in [0.1, 0.15) is 33.5 Å². The molecule has 0 bridgehead atoms. The van der Waals surface area contributed by atoms with Crippen LogP contribution in [0.4, 0.5) is 4.79 Å². The van der Waals surface area contributed by atoms with Gasteiger partial charge in [-0.2, -0.15) is 0 Å². The number of amides is 2. The average Bonchev–Trinajstić information content (AvgIpc) is 2.87. The first-order chi connectivity index (χ1) is 10.7. The third kappa shape index (κ3) is 6.21. The van der Waals surface area contributed by atoms with Crippen molar-refractivity contribution in [2.45, 2.75) is 40.3 Å². The lowest BCUT2D eigenvalue weighted by Gasteiger charge is -2.30. The molecule has 0 saturated carbocycles. The predicted octanol–water partition coefficient (Wildman–Crippen LogP) is 2.54. The molecule has 2 amide bonds. The first-order valence-corrected chi connectivity index (χ1v) is 8.36. The van der Waals surface area contributed by atoms with Crippen LogP contribution in [0.2, 0.25) is 0 Å². The highest BCUT2D eigenvalue weighted by atomic mass is 79.9. The number of carbonyl (C=O) groups excluding carboxylic acids is 2. The number of aromatic amines is 1. The first-order valence-electron chi connectivity index (χ1n) is 7.57. The van der Waals surface area contributed by atoms with E-state index in [4.69, 9.17) is 0 Å². The van der Waals surface area contributed by atoms with Crippen molar-refractivity contribution in [1.82, 2.24) is 20.2 Å². The number of nitrogens with one attached hydrogen (secondary N) is 2. The van der Waals surface area contributed by atoms with Gasteiger partial charge in [-0.25, -0.2) is 9.78 Å². The normalized spacial score (nSPS) is 12.3. The number of rotatable bonds is 7. The summed E-state index contributed by atoms with van der Waals surface area (Å²) < 4.78 is 5.38. The maximum Gasteiger partial charge on any atom is 0.407 e. The number of methoxy groups -OCH3 is 1. The second-order valence-electron chi connectivity index (χ2n) is 6.15. The van der Waals surface area contributed by atoms with Crippen LogP contribution in [0.5, 0.6) is 0 Å². The van der Waals surface area contributed by atoms with Crippen molar-refractivity contribution in [3.05, 3.63) is 16.6 Å². The summed E-state index contributed by atoms with van der Waals surface area (Å²) in [6, 6.07) is -0.639. The van der Waals surface area contributed by atoms with E-state index in [1.165, 1.54) is 7.11 Å². The summed E-state index contributed by atoms with van der Waals surface area (Å²) in [4.78, 5) is 33.4. The molecule has 0 unspecified atom stereocenters. The van der Waals surface area contributed by atoms with Crippen molar-refractivity contribution < 1.29 is 14.3 Å². The lowest BCUT2D eigenvalue weighted by atomic mass is 10.0. The molecule has 0 aliphatic carbocycles. The fraction of sp³-hybridized carbons (Fsp3) is 0.667. The van der Waals surface area contributed by atoms with Crippen LogP contribution in [-0.2, 0) is 16.1 Å². The highest BCUT2D eigenvalue weighted by Crippen LogP contribution is 2.13. The molecule has 1 aromatic heterocycles. The number of imidazole rings is 1. The molecular formula is C15H25BrN4O3. The lowest BCUT2D eigenvalue weighted by molar-refractivity contribution is -0.135. The minimum absolute atomic E-state index is 0.0559. The summed E-state index contributed by atoms with van der Waals surface area (Å²) in [6.45, 7) is 8.77. The van der Waals surface area contributed by atoms with Crippen molar-refractivity contribution in [3.8, 4) is 0 Å². The molecule has 0 aliphatic heterocycles. The number of alkyl carbamates (subject to hydrolysis) is 1. The largest absolute Gasteiger partial charge is 0.453 e. The van der Waals surface area contributed by atoms with Crippen molar-refractivity contribution in [2.24, 2.45) is 11.8 Å². The van der Waals surface area contributed by atoms with Crippen LogP contribution < -0.4 is 5.32 Å². The molecule has 8 heteroatoms. The van der Waals surface area contributed by atoms with Crippen LogP contribution in [0, 0.1) is 11.8 Å². The van der Waals surface area contributed by atoms with Gasteiger partial charge in [-0.05, 0) is 27.8 Å². The maximum absolute atomic E-state index is 12.9. The van der Waals surface area contributed by atoms with Crippen molar-refractivity contribution in [1.29, 1.82) is 0 Å². The van der Waals surface area contributed by atoms with Crippen LogP contribution in [0.15, 0.2) is 10.8 Å².